The smallest absolute Gasteiger partial charge is 0.255 e. The minimum atomic E-state index is -0.227. The first-order chi connectivity index (χ1) is 8.74. The van der Waals surface area contributed by atoms with E-state index in [1.807, 2.05) is 13.8 Å². The number of carbonyl (C=O) groups excluding carboxylic acids is 1. The van der Waals surface area contributed by atoms with E-state index in [2.05, 4.69) is 16.8 Å². The van der Waals surface area contributed by atoms with E-state index in [1.54, 1.807) is 23.4 Å². The van der Waals surface area contributed by atoms with Crippen molar-refractivity contribution in [2.45, 2.75) is 20.3 Å². The molecule has 1 rings (SSSR count). The van der Waals surface area contributed by atoms with Crippen LogP contribution in [0.5, 0.6) is 0 Å². The summed E-state index contributed by atoms with van der Waals surface area (Å²) in [5.41, 5.74) is 1.10. The normalized spacial score (nSPS) is 9.50. The van der Waals surface area contributed by atoms with Gasteiger partial charge in [-0.2, -0.15) is 0 Å². The molecule has 0 unspecified atom stereocenters. The Morgan fingerprint density at radius 3 is 2.89 bits per heavy atom. The monoisotopic (exact) mass is 246 g/mol. The van der Waals surface area contributed by atoms with Gasteiger partial charge in [-0.25, -0.2) is 0 Å². The minimum absolute atomic E-state index is 0.0380. The standard InChI is InChI=1S/C14H18N2O2/c1-3-9-16(4-2)14(18)13-7-8-15-11-12(13)6-5-10-17/h7-8,11,17H,3-4,9-10H2,1-2H3. The third-order valence-electron chi connectivity index (χ3n) is 2.52. The minimum Gasteiger partial charge on any atom is -0.384 e. The van der Waals surface area contributed by atoms with Gasteiger partial charge in [-0.1, -0.05) is 18.8 Å². The number of carbonyl (C=O) groups is 1. The van der Waals surface area contributed by atoms with Crippen LogP contribution in [0.3, 0.4) is 0 Å². The van der Waals surface area contributed by atoms with Gasteiger partial charge in [-0.3, -0.25) is 9.78 Å². The van der Waals surface area contributed by atoms with Crippen molar-refractivity contribution >= 4 is 5.91 Å². The fourth-order valence-corrected chi connectivity index (χ4v) is 1.66. The summed E-state index contributed by atoms with van der Waals surface area (Å²) in [6, 6.07) is 1.67. The third kappa shape index (κ3) is 3.57. The Morgan fingerprint density at radius 2 is 2.28 bits per heavy atom. The van der Waals surface area contributed by atoms with Crippen LogP contribution in [-0.4, -0.2) is 40.6 Å². The summed E-state index contributed by atoms with van der Waals surface area (Å²) in [7, 11) is 0. The van der Waals surface area contributed by atoms with Gasteiger partial charge in [0.05, 0.1) is 11.1 Å². The number of rotatable bonds is 4. The largest absolute Gasteiger partial charge is 0.384 e. The Labute approximate surface area is 108 Å². The van der Waals surface area contributed by atoms with E-state index in [0.717, 1.165) is 13.0 Å². The number of aliphatic hydroxyl groups is 1. The molecule has 0 bridgehead atoms. The molecule has 1 aromatic rings. The maximum atomic E-state index is 12.3. The molecular weight excluding hydrogens is 228 g/mol. The van der Waals surface area contributed by atoms with Crippen LogP contribution < -0.4 is 0 Å². The van der Waals surface area contributed by atoms with Gasteiger partial charge in [0.25, 0.3) is 5.91 Å². The van der Waals surface area contributed by atoms with E-state index in [9.17, 15) is 4.79 Å². The highest BCUT2D eigenvalue weighted by Gasteiger charge is 2.16. The topological polar surface area (TPSA) is 53.4 Å². The predicted octanol–water partition coefficient (Wildman–Crippen LogP) is 1.30. The summed E-state index contributed by atoms with van der Waals surface area (Å²) in [6.45, 7) is 5.16. The Morgan fingerprint density at radius 1 is 1.50 bits per heavy atom. The maximum absolute atomic E-state index is 12.3. The molecular formula is C14H18N2O2. The van der Waals surface area contributed by atoms with Crippen molar-refractivity contribution in [3.05, 3.63) is 29.6 Å². The number of hydrogen-bond acceptors (Lipinski definition) is 3. The molecule has 1 aromatic heterocycles. The highest BCUT2D eigenvalue weighted by Crippen LogP contribution is 2.10. The van der Waals surface area contributed by atoms with Crippen molar-refractivity contribution in [1.29, 1.82) is 0 Å². The second-order valence-electron chi connectivity index (χ2n) is 3.77. The second-order valence-corrected chi connectivity index (χ2v) is 3.77. The fraction of sp³-hybridized carbons (Fsp3) is 0.429. The molecule has 1 heterocycles. The molecule has 0 saturated carbocycles. The van der Waals surface area contributed by atoms with Crippen molar-refractivity contribution in [3.63, 3.8) is 0 Å². The van der Waals surface area contributed by atoms with Gasteiger partial charge in [0.15, 0.2) is 0 Å². The highest BCUT2D eigenvalue weighted by atomic mass is 16.2. The molecule has 4 heteroatoms. The number of nitrogens with zero attached hydrogens (tertiary/aromatic N) is 2. The van der Waals surface area contributed by atoms with Crippen LogP contribution in [0.2, 0.25) is 0 Å². The van der Waals surface area contributed by atoms with E-state index in [1.165, 1.54) is 0 Å². The van der Waals surface area contributed by atoms with Crippen molar-refractivity contribution in [2.75, 3.05) is 19.7 Å². The first kappa shape index (κ1) is 14.2. The molecule has 0 atom stereocenters. The van der Waals surface area contributed by atoms with Crippen molar-refractivity contribution < 1.29 is 9.90 Å². The molecule has 0 aliphatic rings. The molecule has 0 aromatic carbocycles. The molecule has 0 aliphatic heterocycles. The molecule has 0 spiro atoms. The first-order valence-corrected chi connectivity index (χ1v) is 6.07. The lowest BCUT2D eigenvalue weighted by atomic mass is 10.1. The van der Waals surface area contributed by atoms with Crippen LogP contribution in [0.1, 0.15) is 36.2 Å². The van der Waals surface area contributed by atoms with Crippen LogP contribution in [0, 0.1) is 11.8 Å². The van der Waals surface area contributed by atoms with E-state index >= 15 is 0 Å². The van der Waals surface area contributed by atoms with Gasteiger partial charge in [-0.05, 0) is 19.4 Å². The van der Waals surface area contributed by atoms with E-state index in [4.69, 9.17) is 5.11 Å². The number of hydrogen-bond donors (Lipinski definition) is 1. The summed E-state index contributed by atoms with van der Waals surface area (Å²) in [4.78, 5) is 18.1. The Balaban J connectivity index is 3.04. The summed E-state index contributed by atoms with van der Waals surface area (Å²) >= 11 is 0. The lowest BCUT2D eigenvalue weighted by Crippen LogP contribution is -2.32. The quantitative estimate of drug-likeness (QED) is 0.815. The lowest BCUT2D eigenvalue weighted by molar-refractivity contribution is 0.0764. The Bertz CT molecular complexity index is 460. The predicted molar refractivity (Wildman–Crippen MR) is 70.1 cm³/mol. The van der Waals surface area contributed by atoms with Gasteiger partial charge in [0, 0.05) is 25.5 Å². The maximum Gasteiger partial charge on any atom is 0.255 e. The zero-order valence-corrected chi connectivity index (χ0v) is 10.8. The van der Waals surface area contributed by atoms with Gasteiger partial charge >= 0.3 is 0 Å². The van der Waals surface area contributed by atoms with Gasteiger partial charge < -0.3 is 10.0 Å². The third-order valence-corrected chi connectivity index (χ3v) is 2.52. The first-order valence-electron chi connectivity index (χ1n) is 6.07. The number of pyridine rings is 1. The summed E-state index contributed by atoms with van der Waals surface area (Å²) in [5, 5.41) is 8.71. The average molecular weight is 246 g/mol. The zero-order chi connectivity index (χ0) is 13.4. The van der Waals surface area contributed by atoms with Crippen LogP contribution in [-0.2, 0) is 0 Å². The van der Waals surface area contributed by atoms with Gasteiger partial charge in [0.1, 0.15) is 6.61 Å². The molecule has 0 radical (unpaired) electrons. The Kier molecular flexibility index (Phi) is 5.89. The number of amides is 1. The summed E-state index contributed by atoms with van der Waals surface area (Å²) in [6.07, 6.45) is 4.05. The molecule has 1 amide bonds. The van der Waals surface area contributed by atoms with Gasteiger partial charge in [0.2, 0.25) is 0 Å². The molecule has 0 fully saturated rings. The SMILES string of the molecule is CCCN(CC)C(=O)c1ccncc1C#CCO. The fourth-order valence-electron chi connectivity index (χ4n) is 1.66. The van der Waals surface area contributed by atoms with Gasteiger partial charge in [-0.15, -0.1) is 0 Å². The van der Waals surface area contributed by atoms with E-state index in [0.29, 0.717) is 17.7 Å². The lowest BCUT2D eigenvalue weighted by Gasteiger charge is -2.20. The van der Waals surface area contributed by atoms with Crippen LogP contribution in [0.4, 0.5) is 0 Å². The number of aliphatic hydroxyl groups excluding tert-OH is 1. The molecule has 0 aliphatic carbocycles. The van der Waals surface area contributed by atoms with Crippen LogP contribution >= 0.6 is 0 Å². The molecule has 1 N–H and O–H groups in total. The molecule has 4 nitrogen and oxygen atoms in total. The summed E-state index contributed by atoms with van der Waals surface area (Å²) < 4.78 is 0. The van der Waals surface area contributed by atoms with Crippen LogP contribution in [0.15, 0.2) is 18.5 Å². The highest BCUT2D eigenvalue weighted by molar-refractivity contribution is 5.96. The van der Waals surface area contributed by atoms with E-state index in [-0.39, 0.29) is 12.5 Å². The van der Waals surface area contributed by atoms with Crippen molar-refractivity contribution in [3.8, 4) is 11.8 Å². The second kappa shape index (κ2) is 7.46. The van der Waals surface area contributed by atoms with Crippen LogP contribution in [0.25, 0.3) is 0 Å². The van der Waals surface area contributed by atoms with E-state index < -0.39 is 0 Å². The number of aromatic nitrogens is 1. The Hall–Kier alpha value is -1.86. The molecule has 18 heavy (non-hydrogen) atoms. The van der Waals surface area contributed by atoms with Crippen molar-refractivity contribution in [2.24, 2.45) is 0 Å². The molecule has 0 saturated heterocycles. The van der Waals surface area contributed by atoms with Crippen molar-refractivity contribution in [1.82, 2.24) is 9.88 Å². The zero-order valence-electron chi connectivity index (χ0n) is 10.8. The average Bonchev–Trinajstić information content (AvgIpc) is 2.42. The summed E-state index contributed by atoms with van der Waals surface area (Å²) in [5.74, 6) is 5.26. The molecule has 96 valence electrons.